The highest BCUT2D eigenvalue weighted by molar-refractivity contribution is 6.07. The first-order valence-corrected chi connectivity index (χ1v) is 7.74. The molecule has 26 heavy (non-hydrogen) atoms. The Morgan fingerprint density at radius 3 is 2.65 bits per heavy atom. The number of hydrogen-bond acceptors (Lipinski definition) is 3. The minimum Gasteiger partial charge on any atom is -0.364 e. The summed E-state index contributed by atoms with van der Waals surface area (Å²) in [6, 6.07) is 9.60. The van der Waals surface area contributed by atoms with Crippen molar-refractivity contribution in [1.82, 2.24) is 15.0 Å². The monoisotopic (exact) mass is 360 g/mol. The highest BCUT2D eigenvalue weighted by Gasteiger charge is 2.32. The van der Waals surface area contributed by atoms with Gasteiger partial charge in [0.2, 0.25) is 0 Å². The second-order valence-corrected chi connectivity index (χ2v) is 5.77. The highest BCUT2D eigenvalue weighted by atomic mass is 19.4. The summed E-state index contributed by atoms with van der Waals surface area (Å²) < 4.78 is 52.8. The van der Waals surface area contributed by atoms with Gasteiger partial charge >= 0.3 is 6.18 Å². The first-order chi connectivity index (χ1) is 12.4. The molecule has 0 fully saturated rings. The zero-order valence-corrected chi connectivity index (χ0v) is 13.2. The zero-order chi connectivity index (χ0) is 18.3. The summed E-state index contributed by atoms with van der Waals surface area (Å²) >= 11 is 0. The number of halogens is 4. The van der Waals surface area contributed by atoms with E-state index in [-0.39, 0.29) is 12.1 Å². The molecule has 0 saturated heterocycles. The number of alkyl halides is 3. The van der Waals surface area contributed by atoms with Gasteiger partial charge in [-0.1, -0.05) is 18.2 Å². The lowest BCUT2D eigenvalue weighted by Crippen LogP contribution is -2.12. The van der Waals surface area contributed by atoms with Gasteiger partial charge in [0.1, 0.15) is 23.2 Å². The van der Waals surface area contributed by atoms with Crippen LogP contribution in [-0.2, 0) is 12.7 Å². The van der Waals surface area contributed by atoms with Crippen LogP contribution in [0.5, 0.6) is 0 Å². The fraction of sp³-hybridized carbons (Fsp3) is 0.111. The Bertz CT molecular complexity index is 1100. The minimum atomic E-state index is -4.43. The van der Waals surface area contributed by atoms with E-state index in [0.29, 0.717) is 27.8 Å². The van der Waals surface area contributed by atoms with Crippen molar-refractivity contribution in [3.05, 3.63) is 65.7 Å². The summed E-state index contributed by atoms with van der Waals surface area (Å²) in [5.41, 5.74) is 1.09. The summed E-state index contributed by atoms with van der Waals surface area (Å²) in [7, 11) is 0. The van der Waals surface area contributed by atoms with Gasteiger partial charge in [0.25, 0.3) is 0 Å². The van der Waals surface area contributed by atoms with Gasteiger partial charge in [0.15, 0.2) is 5.82 Å². The van der Waals surface area contributed by atoms with Crippen molar-refractivity contribution in [2.75, 3.05) is 5.32 Å². The number of benzene rings is 2. The molecule has 0 spiro atoms. The Hall–Kier alpha value is -3.16. The molecule has 0 atom stereocenters. The van der Waals surface area contributed by atoms with Crippen molar-refractivity contribution < 1.29 is 17.6 Å². The molecule has 0 unspecified atom stereocenters. The van der Waals surface area contributed by atoms with Crippen LogP contribution in [0.15, 0.2) is 48.8 Å². The second-order valence-electron chi connectivity index (χ2n) is 5.77. The first-order valence-electron chi connectivity index (χ1n) is 7.74. The van der Waals surface area contributed by atoms with E-state index in [1.54, 1.807) is 12.1 Å². The molecule has 8 heteroatoms. The maximum atomic E-state index is 13.5. The Kier molecular flexibility index (Phi) is 3.75. The van der Waals surface area contributed by atoms with Crippen molar-refractivity contribution in [3.63, 3.8) is 0 Å². The lowest BCUT2D eigenvalue weighted by molar-refractivity contribution is -0.138. The summed E-state index contributed by atoms with van der Waals surface area (Å²) in [4.78, 5) is 11.3. The Morgan fingerprint density at radius 2 is 1.85 bits per heavy atom. The van der Waals surface area contributed by atoms with E-state index < -0.39 is 17.6 Å². The molecule has 0 amide bonds. The van der Waals surface area contributed by atoms with Crippen LogP contribution < -0.4 is 5.32 Å². The van der Waals surface area contributed by atoms with Crippen LogP contribution in [0.1, 0.15) is 11.1 Å². The first kappa shape index (κ1) is 16.3. The van der Waals surface area contributed by atoms with Crippen LogP contribution in [0.3, 0.4) is 0 Å². The third-order valence-corrected chi connectivity index (χ3v) is 4.11. The molecule has 0 aliphatic carbocycles. The topological polar surface area (TPSA) is 53.6 Å². The van der Waals surface area contributed by atoms with E-state index in [1.807, 2.05) is 0 Å². The second kappa shape index (κ2) is 5.98. The van der Waals surface area contributed by atoms with Crippen molar-refractivity contribution in [2.24, 2.45) is 0 Å². The van der Waals surface area contributed by atoms with Crippen molar-refractivity contribution in [1.29, 1.82) is 0 Å². The van der Waals surface area contributed by atoms with Crippen molar-refractivity contribution in [2.45, 2.75) is 12.7 Å². The maximum Gasteiger partial charge on any atom is 0.416 e. The molecule has 0 aliphatic rings. The van der Waals surface area contributed by atoms with Crippen molar-refractivity contribution in [3.8, 4) is 0 Å². The Labute approximate surface area is 144 Å². The van der Waals surface area contributed by atoms with Gasteiger partial charge in [-0.2, -0.15) is 13.2 Å². The summed E-state index contributed by atoms with van der Waals surface area (Å²) in [5, 5.41) is 3.50. The van der Waals surface area contributed by atoms with E-state index >= 15 is 0 Å². The number of H-pyrrole nitrogens is 1. The van der Waals surface area contributed by atoms with E-state index in [4.69, 9.17) is 0 Å². The van der Waals surface area contributed by atoms with Gasteiger partial charge in [-0.3, -0.25) is 0 Å². The fourth-order valence-electron chi connectivity index (χ4n) is 2.93. The molecule has 4 rings (SSSR count). The van der Waals surface area contributed by atoms with E-state index in [0.717, 1.165) is 6.07 Å². The summed E-state index contributed by atoms with van der Waals surface area (Å²) in [6.07, 6.45) is -3.14. The van der Waals surface area contributed by atoms with Crippen LogP contribution in [0.2, 0.25) is 0 Å². The molecular weight excluding hydrogens is 348 g/mol. The number of hydrogen-bond donors (Lipinski definition) is 2. The molecule has 0 bridgehead atoms. The molecule has 0 aliphatic heterocycles. The zero-order valence-electron chi connectivity index (χ0n) is 13.2. The number of anilines is 1. The van der Waals surface area contributed by atoms with E-state index in [1.165, 1.54) is 30.6 Å². The average Bonchev–Trinajstić information content (AvgIpc) is 2.98. The maximum absolute atomic E-state index is 13.5. The summed E-state index contributed by atoms with van der Waals surface area (Å²) in [5.74, 6) is -0.0470. The molecule has 2 N–H and O–H groups in total. The molecule has 132 valence electrons. The highest BCUT2D eigenvalue weighted by Crippen LogP contribution is 2.33. The molecule has 0 radical (unpaired) electrons. The van der Waals surface area contributed by atoms with Crippen LogP contribution in [0.25, 0.3) is 21.9 Å². The van der Waals surface area contributed by atoms with Crippen LogP contribution in [0, 0.1) is 5.82 Å². The fourth-order valence-corrected chi connectivity index (χ4v) is 2.93. The molecule has 2 heterocycles. The molecule has 2 aromatic heterocycles. The summed E-state index contributed by atoms with van der Waals surface area (Å²) in [6.45, 7) is -0.0640. The molecule has 2 aromatic carbocycles. The lowest BCUT2D eigenvalue weighted by atomic mass is 10.1. The smallest absolute Gasteiger partial charge is 0.364 e. The molecular formula is C18H12F4N4. The average molecular weight is 360 g/mol. The van der Waals surface area contributed by atoms with Gasteiger partial charge in [0.05, 0.1) is 5.56 Å². The largest absolute Gasteiger partial charge is 0.416 e. The van der Waals surface area contributed by atoms with Gasteiger partial charge < -0.3 is 10.3 Å². The molecule has 0 saturated carbocycles. The van der Waals surface area contributed by atoms with Gasteiger partial charge in [0, 0.05) is 17.4 Å². The standard InChI is InChI=1S/C18H12F4N4/c19-11-5-6-14-12(7-11)15-16(26-14)17(25-9-24-15)23-8-10-3-1-2-4-13(10)18(20,21)22/h1-7,9,26H,8H2,(H,23,24,25). The van der Waals surface area contributed by atoms with Crippen molar-refractivity contribution >= 4 is 27.8 Å². The third kappa shape index (κ3) is 2.83. The van der Waals surface area contributed by atoms with E-state index in [2.05, 4.69) is 20.3 Å². The normalized spacial score (nSPS) is 12.0. The number of fused-ring (bicyclic) bond motifs is 3. The molecule has 4 aromatic rings. The number of nitrogens with one attached hydrogen (secondary N) is 2. The number of nitrogens with zero attached hydrogens (tertiary/aromatic N) is 2. The number of aromatic nitrogens is 3. The minimum absolute atomic E-state index is 0.0640. The molecule has 4 nitrogen and oxygen atoms in total. The van der Waals surface area contributed by atoms with Crippen LogP contribution in [-0.4, -0.2) is 15.0 Å². The van der Waals surface area contributed by atoms with Gasteiger partial charge in [-0.25, -0.2) is 14.4 Å². The Balaban J connectivity index is 1.72. The third-order valence-electron chi connectivity index (χ3n) is 4.11. The Morgan fingerprint density at radius 1 is 1.04 bits per heavy atom. The van der Waals surface area contributed by atoms with Crippen LogP contribution >= 0.6 is 0 Å². The van der Waals surface area contributed by atoms with E-state index in [9.17, 15) is 17.6 Å². The number of aromatic amines is 1. The number of rotatable bonds is 3. The predicted octanol–water partition coefficient (Wildman–Crippen LogP) is 4.88. The van der Waals surface area contributed by atoms with Gasteiger partial charge in [-0.05, 0) is 29.8 Å². The van der Waals surface area contributed by atoms with Crippen LogP contribution in [0.4, 0.5) is 23.4 Å². The quantitative estimate of drug-likeness (QED) is 0.512. The predicted molar refractivity (Wildman–Crippen MR) is 90.1 cm³/mol. The lowest BCUT2D eigenvalue weighted by Gasteiger charge is -2.13. The van der Waals surface area contributed by atoms with Gasteiger partial charge in [-0.15, -0.1) is 0 Å². The SMILES string of the molecule is Fc1ccc2[nH]c3c(NCc4ccccc4C(F)(F)F)ncnc3c2c1.